The molecule has 39 heavy (non-hydrogen) atoms. The highest BCUT2D eigenvalue weighted by Gasteiger charge is 2.31. The van der Waals surface area contributed by atoms with Crippen molar-refractivity contribution in [2.24, 2.45) is 5.92 Å². The zero-order valence-electron chi connectivity index (χ0n) is 22.6. The minimum Gasteiger partial charge on any atom is -0.497 e. The van der Waals surface area contributed by atoms with Crippen LogP contribution in [-0.4, -0.2) is 53.5 Å². The number of hydrogen-bond donors (Lipinski definition) is 2. The zero-order chi connectivity index (χ0) is 28.3. The Morgan fingerprint density at radius 1 is 1.18 bits per heavy atom. The molecule has 0 radical (unpaired) electrons. The first-order valence-electron chi connectivity index (χ1n) is 12.8. The highest BCUT2D eigenvalue weighted by atomic mass is 16.6. The van der Waals surface area contributed by atoms with Gasteiger partial charge in [0.2, 0.25) is 0 Å². The van der Waals surface area contributed by atoms with Crippen molar-refractivity contribution >= 4 is 23.5 Å². The number of carbonyl (C=O) groups excluding carboxylic acids is 3. The number of rotatable bonds is 10. The van der Waals surface area contributed by atoms with Gasteiger partial charge in [-0.2, -0.15) is 0 Å². The number of amides is 3. The normalized spacial score (nSPS) is 14.6. The van der Waals surface area contributed by atoms with Crippen LogP contribution in [-0.2, 0) is 25.7 Å². The summed E-state index contributed by atoms with van der Waals surface area (Å²) in [6.45, 7) is 9.00. The summed E-state index contributed by atoms with van der Waals surface area (Å²) in [6.07, 6.45) is 9.26. The van der Waals surface area contributed by atoms with Gasteiger partial charge < -0.3 is 29.4 Å². The second kappa shape index (κ2) is 14.0. The first-order valence-corrected chi connectivity index (χ1v) is 12.8. The van der Waals surface area contributed by atoms with Gasteiger partial charge in [0.25, 0.3) is 0 Å². The third-order valence-electron chi connectivity index (χ3n) is 6.35. The van der Waals surface area contributed by atoms with Crippen molar-refractivity contribution in [2.45, 2.75) is 45.3 Å². The highest BCUT2D eigenvalue weighted by molar-refractivity contribution is 6.35. The molecule has 208 valence electrons. The molecule has 3 rings (SSSR count). The van der Waals surface area contributed by atoms with E-state index < -0.39 is 17.4 Å². The number of methoxy groups -OCH3 is 1. The summed E-state index contributed by atoms with van der Waals surface area (Å²) in [6, 6.07) is 9.57. The van der Waals surface area contributed by atoms with Crippen LogP contribution >= 0.6 is 0 Å². The summed E-state index contributed by atoms with van der Waals surface area (Å²) in [5.41, 5.74) is 0.887. The van der Waals surface area contributed by atoms with Gasteiger partial charge in [0.05, 0.1) is 18.9 Å². The van der Waals surface area contributed by atoms with Gasteiger partial charge in [-0.05, 0) is 56.7 Å². The standard InChI is InChI=1S/C29H36N4O6/c1-21(37-4)24(25-18-30-20-39-25)11-8-14-31-26(34)27(35)32-29(2,3)17-22-12-15-33(16-13-22)28(36)38-19-23-9-6-5-7-10-23/h5-11,14,18,20,22H,1,12-13,15-17,19H2,2-4H3,(H,31,34)(H,32,35)/b14-8+,24-11+. The van der Waals surface area contributed by atoms with E-state index in [9.17, 15) is 14.4 Å². The van der Waals surface area contributed by atoms with E-state index in [0.717, 1.165) is 18.4 Å². The molecule has 0 unspecified atom stereocenters. The van der Waals surface area contributed by atoms with Crippen molar-refractivity contribution in [1.29, 1.82) is 0 Å². The van der Waals surface area contributed by atoms with Crippen molar-refractivity contribution in [2.75, 3.05) is 20.2 Å². The van der Waals surface area contributed by atoms with Crippen LogP contribution in [0.15, 0.2) is 78.0 Å². The topological polar surface area (TPSA) is 123 Å². The SMILES string of the molecule is C=C(OC)/C(=C\C=C\NC(=O)C(=O)NC(C)(C)CC1CCN(C(=O)OCc2ccccc2)CC1)c1cnco1. The molecule has 0 spiro atoms. The fourth-order valence-electron chi connectivity index (χ4n) is 4.37. The molecule has 1 saturated heterocycles. The Bertz CT molecular complexity index is 1180. The van der Waals surface area contributed by atoms with Crippen molar-refractivity contribution in [3.8, 4) is 0 Å². The number of ether oxygens (including phenoxy) is 2. The number of carbonyl (C=O) groups is 3. The number of benzene rings is 1. The lowest BCUT2D eigenvalue weighted by atomic mass is 9.84. The monoisotopic (exact) mass is 536 g/mol. The molecule has 2 heterocycles. The van der Waals surface area contributed by atoms with Crippen LogP contribution in [0.5, 0.6) is 0 Å². The summed E-state index contributed by atoms with van der Waals surface area (Å²) in [5, 5.41) is 5.27. The van der Waals surface area contributed by atoms with Crippen molar-refractivity contribution in [3.63, 3.8) is 0 Å². The minimum atomic E-state index is -0.782. The third kappa shape index (κ3) is 9.17. The van der Waals surface area contributed by atoms with Crippen molar-refractivity contribution in [1.82, 2.24) is 20.5 Å². The molecule has 3 amide bonds. The highest BCUT2D eigenvalue weighted by Crippen LogP contribution is 2.27. The smallest absolute Gasteiger partial charge is 0.410 e. The van der Waals surface area contributed by atoms with E-state index in [1.54, 1.807) is 11.0 Å². The molecule has 1 aliphatic heterocycles. The number of oxazole rings is 1. The Kier molecular flexibility index (Phi) is 10.5. The van der Waals surface area contributed by atoms with Gasteiger partial charge in [-0.3, -0.25) is 9.59 Å². The summed E-state index contributed by atoms with van der Waals surface area (Å²) in [4.78, 5) is 42.8. The van der Waals surface area contributed by atoms with E-state index in [2.05, 4.69) is 22.2 Å². The van der Waals surface area contributed by atoms with Crippen molar-refractivity contribution in [3.05, 3.63) is 84.9 Å². The fraction of sp³-hybridized carbons (Fsp3) is 0.379. The molecule has 10 heteroatoms. The van der Waals surface area contributed by atoms with Crippen LogP contribution in [0.2, 0.25) is 0 Å². The summed E-state index contributed by atoms with van der Waals surface area (Å²) in [5.74, 6) is -0.401. The summed E-state index contributed by atoms with van der Waals surface area (Å²) in [7, 11) is 1.48. The maximum Gasteiger partial charge on any atom is 0.410 e. The molecular weight excluding hydrogens is 500 g/mol. The summed E-state index contributed by atoms with van der Waals surface area (Å²) >= 11 is 0. The second-order valence-corrected chi connectivity index (χ2v) is 9.92. The maximum absolute atomic E-state index is 12.5. The predicted octanol–water partition coefficient (Wildman–Crippen LogP) is 4.18. The first-order chi connectivity index (χ1) is 18.7. The molecule has 10 nitrogen and oxygen atoms in total. The van der Waals surface area contributed by atoms with Crippen LogP contribution in [0.4, 0.5) is 4.79 Å². The molecule has 0 bridgehead atoms. The fourth-order valence-corrected chi connectivity index (χ4v) is 4.37. The second-order valence-electron chi connectivity index (χ2n) is 9.92. The van der Waals surface area contributed by atoms with E-state index in [-0.39, 0.29) is 12.7 Å². The van der Waals surface area contributed by atoms with Gasteiger partial charge in [0, 0.05) is 24.8 Å². The molecule has 0 atom stereocenters. The molecule has 1 aromatic carbocycles. The Morgan fingerprint density at radius 2 is 1.90 bits per heavy atom. The number of nitrogens with one attached hydrogen (secondary N) is 2. The Hall–Kier alpha value is -4.34. The number of piperidine rings is 1. The van der Waals surface area contributed by atoms with Crippen LogP contribution in [0.3, 0.4) is 0 Å². The van der Waals surface area contributed by atoms with E-state index in [1.165, 1.54) is 32.0 Å². The molecule has 0 saturated carbocycles. The third-order valence-corrected chi connectivity index (χ3v) is 6.35. The predicted molar refractivity (Wildman–Crippen MR) is 146 cm³/mol. The summed E-state index contributed by atoms with van der Waals surface area (Å²) < 4.78 is 15.9. The van der Waals surface area contributed by atoms with Crippen LogP contribution < -0.4 is 10.6 Å². The van der Waals surface area contributed by atoms with Crippen molar-refractivity contribution < 1.29 is 28.3 Å². The van der Waals surface area contributed by atoms with E-state index in [1.807, 2.05) is 44.2 Å². The Labute approximate surface area is 228 Å². The largest absolute Gasteiger partial charge is 0.497 e. The Balaban J connectivity index is 1.41. The molecule has 1 aromatic heterocycles. The number of likely N-dealkylation sites (tertiary alicyclic amines) is 1. The van der Waals surface area contributed by atoms with Gasteiger partial charge in [0.15, 0.2) is 12.2 Å². The van der Waals surface area contributed by atoms with Gasteiger partial charge in [-0.1, -0.05) is 36.9 Å². The quantitative estimate of drug-likeness (QED) is 0.265. The number of allylic oxidation sites excluding steroid dienone is 3. The lowest BCUT2D eigenvalue weighted by molar-refractivity contribution is -0.139. The van der Waals surface area contributed by atoms with Gasteiger partial charge in [-0.25, -0.2) is 9.78 Å². The molecule has 0 aliphatic carbocycles. The number of aromatic nitrogens is 1. The van der Waals surface area contributed by atoms with E-state index in [4.69, 9.17) is 13.9 Å². The van der Waals surface area contributed by atoms with Gasteiger partial charge in [-0.15, -0.1) is 0 Å². The van der Waals surface area contributed by atoms with Gasteiger partial charge in [0.1, 0.15) is 12.4 Å². The molecular formula is C29H36N4O6. The molecule has 1 fully saturated rings. The molecule has 1 aliphatic rings. The van der Waals surface area contributed by atoms with E-state index in [0.29, 0.717) is 42.5 Å². The zero-order valence-corrected chi connectivity index (χ0v) is 22.6. The number of hydrogen-bond acceptors (Lipinski definition) is 7. The van der Waals surface area contributed by atoms with E-state index >= 15 is 0 Å². The lowest BCUT2D eigenvalue weighted by Gasteiger charge is -2.36. The lowest BCUT2D eigenvalue weighted by Crippen LogP contribution is -2.50. The van der Waals surface area contributed by atoms with Crippen LogP contribution in [0.1, 0.15) is 44.4 Å². The Morgan fingerprint density at radius 3 is 2.54 bits per heavy atom. The number of nitrogens with zero attached hydrogens (tertiary/aromatic N) is 2. The van der Waals surface area contributed by atoms with Gasteiger partial charge >= 0.3 is 17.9 Å². The first kappa shape index (κ1) is 29.2. The minimum absolute atomic E-state index is 0.247. The average molecular weight is 537 g/mol. The maximum atomic E-state index is 12.5. The van der Waals surface area contributed by atoms with Crippen LogP contribution in [0, 0.1) is 5.92 Å². The molecule has 2 aromatic rings. The van der Waals surface area contributed by atoms with Crippen LogP contribution in [0.25, 0.3) is 5.57 Å². The average Bonchev–Trinajstić information content (AvgIpc) is 3.46. The molecule has 2 N–H and O–H groups in total.